The van der Waals surface area contributed by atoms with E-state index in [9.17, 15) is 9.59 Å². The van der Waals surface area contributed by atoms with Crippen LogP contribution in [0.4, 0.5) is 0 Å². The Hall–Kier alpha value is -12.2. The van der Waals surface area contributed by atoms with Crippen LogP contribution in [-0.2, 0) is 0 Å². The molecule has 10 nitrogen and oxygen atoms in total. The molecule has 8 aromatic heterocycles. The van der Waals surface area contributed by atoms with Crippen molar-refractivity contribution in [2.75, 3.05) is 0 Å². The molecule has 438 valence electrons. The van der Waals surface area contributed by atoms with Gasteiger partial charge in [-0.1, -0.05) is 168 Å². The number of hydrogen-bond donors (Lipinski definition) is 0. The maximum absolute atomic E-state index is 14.3. The molecule has 0 saturated carbocycles. The van der Waals surface area contributed by atoms with E-state index in [1.54, 1.807) is 8.80 Å². The normalized spacial score (nSPS) is 12.3. The maximum Gasteiger partial charge on any atom is 0.266 e. The molecule has 0 saturated heterocycles. The Kier molecular flexibility index (Phi) is 10.5. The molecule has 0 fully saturated rings. The topological polar surface area (TPSA) is 88.5 Å². The van der Waals surface area contributed by atoms with Crippen molar-refractivity contribution in [2.24, 2.45) is 0 Å². The highest BCUT2D eigenvalue weighted by Crippen LogP contribution is 2.46. The molecule has 12 heteroatoms. The van der Waals surface area contributed by atoms with E-state index >= 15 is 0 Å². The van der Waals surface area contributed by atoms with Crippen LogP contribution in [0.15, 0.2) is 289 Å². The van der Waals surface area contributed by atoms with E-state index in [1.807, 2.05) is 54.6 Å². The van der Waals surface area contributed by atoms with Crippen molar-refractivity contribution in [1.82, 2.24) is 37.0 Å². The summed E-state index contributed by atoms with van der Waals surface area (Å²) in [5, 5.41) is 10.4. The first-order valence-electron chi connectivity index (χ1n) is 31.4. The third kappa shape index (κ3) is 7.12. The van der Waals surface area contributed by atoms with E-state index in [1.165, 1.54) is 33.4 Å². The highest BCUT2D eigenvalue weighted by molar-refractivity contribution is 7.24. The standard InChI is InChI=1S/C82H46N8O2S2/c91-79-59-23-4-8-25-64(59)83-81-90(79)73-46-53(35-41-75(73)94-81)86-67-27-10-7-22-57(67)63-44-48(33-40-70(63)86)47-32-39-69-62(43-47)56-21-6-9-26-66(56)85(69)51-19-14-16-49(42-51)54-24-15-30-72-76(54)61-38-37-58-55-20-5-11-28-68(55)88(77(58)78(61)87(72)50-17-2-1-3-18-50)52-34-36-60-65(45-52)84-82-89(80(60)92)71-29-12-13-31-74(71)93-82/h1-46H. The largest absolute Gasteiger partial charge is 0.309 e. The van der Waals surface area contributed by atoms with Crippen molar-refractivity contribution in [3.8, 4) is 45.0 Å². The predicted molar refractivity (Wildman–Crippen MR) is 390 cm³/mol. The zero-order valence-corrected chi connectivity index (χ0v) is 51.4. The van der Waals surface area contributed by atoms with Crippen molar-refractivity contribution in [1.29, 1.82) is 0 Å². The molecule has 0 aliphatic carbocycles. The molecule has 21 rings (SSSR count). The van der Waals surface area contributed by atoms with Gasteiger partial charge in [0.25, 0.3) is 11.1 Å². The first-order valence-corrected chi connectivity index (χ1v) is 33.0. The molecule has 8 heterocycles. The summed E-state index contributed by atoms with van der Waals surface area (Å²) in [6, 6.07) is 99.0. The minimum atomic E-state index is -0.0680. The Morgan fingerprint density at radius 3 is 1.47 bits per heavy atom. The number of fused-ring (bicyclic) bond motifs is 21. The molecule has 94 heavy (non-hydrogen) atoms. The van der Waals surface area contributed by atoms with Crippen LogP contribution >= 0.6 is 22.7 Å². The van der Waals surface area contributed by atoms with Crippen molar-refractivity contribution in [3.05, 3.63) is 300 Å². The predicted octanol–water partition coefficient (Wildman–Crippen LogP) is 20.2. The van der Waals surface area contributed by atoms with Gasteiger partial charge in [-0.25, -0.2) is 9.97 Å². The number of para-hydroxylation sites is 6. The van der Waals surface area contributed by atoms with Gasteiger partial charge in [0.05, 0.1) is 86.4 Å². The average molecular weight is 1240 g/mol. The van der Waals surface area contributed by atoms with Gasteiger partial charge < -0.3 is 18.3 Å². The monoisotopic (exact) mass is 1240 g/mol. The molecule has 0 aliphatic rings. The van der Waals surface area contributed by atoms with Crippen LogP contribution in [0.5, 0.6) is 0 Å². The first-order chi connectivity index (χ1) is 46.5. The molecule has 0 atom stereocenters. The fraction of sp³-hybridized carbons (Fsp3) is 0. The van der Waals surface area contributed by atoms with Gasteiger partial charge in [0, 0.05) is 65.8 Å². The first kappa shape index (κ1) is 51.5. The van der Waals surface area contributed by atoms with Crippen LogP contribution in [0.3, 0.4) is 0 Å². The van der Waals surface area contributed by atoms with E-state index in [4.69, 9.17) is 9.97 Å². The van der Waals surface area contributed by atoms with Gasteiger partial charge in [-0.2, -0.15) is 0 Å². The summed E-state index contributed by atoms with van der Waals surface area (Å²) in [6.45, 7) is 0. The van der Waals surface area contributed by atoms with E-state index in [-0.39, 0.29) is 11.1 Å². The number of rotatable bonds is 6. The van der Waals surface area contributed by atoms with Crippen molar-refractivity contribution in [3.63, 3.8) is 0 Å². The van der Waals surface area contributed by atoms with Gasteiger partial charge in [-0.3, -0.25) is 18.4 Å². The zero-order chi connectivity index (χ0) is 61.6. The molecule has 0 bridgehead atoms. The third-order valence-electron chi connectivity index (χ3n) is 19.5. The molecule has 0 unspecified atom stereocenters. The Morgan fingerprint density at radius 1 is 0.266 bits per heavy atom. The van der Waals surface area contributed by atoms with Crippen LogP contribution in [0.2, 0.25) is 0 Å². The van der Waals surface area contributed by atoms with E-state index in [0.717, 1.165) is 142 Å². The van der Waals surface area contributed by atoms with E-state index in [2.05, 4.69) is 243 Å². The second kappa shape index (κ2) is 19.2. The quantitative estimate of drug-likeness (QED) is 0.166. The number of nitrogens with zero attached hydrogens (tertiary/aromatic N) is 8. The third-order valence-corrected chi connectivity index (χ3v) is 21.5. The molecule has 13 aromatic carbocycles. The lowest BCUT2D eigenvalue weighted by Crippen LogP contribution is -2.13. The summed E-state index contributed by atoms with van der Waals surface area (Å²) in [5.74, 6) is 0. The second-order valence-corrected chi connectivity index (χ2v) is 26.4. The highest BCUT2D eigenvalue weighted by Gasteiger charge is 2.25. The number of hydrogen-bond acceptors (Lipinski definition) is 6. The molecular weight excluding hydrogens is 1190 g/mol. The van der Waals surface area contributed by atoms with Gasteiger partial charge in [0.2, 0.25) is 0 Å². The maximum atomic E-state index is 14.3. The lowest BCUT2D eigenvalue weighted by atomic mass is 9.98. The Bertz CT molecular complexity index is 7060. The Morgan fingerprint density at radius 2 is 0.745 bits per heavy atom. The minimum Gasteiger partial charge on any atom is -0.309 e. The number of aromatic nitrogens is 8. The van der Waals surface area contributed by atoms with Crippen molar-refractivity contribution < 1.29 is 0 Å². The Balaban J connectivity index is 0.713. The second-order valence-electron chi connectivity index (χ2n) is 24.4. The summed E-state index contributed by atoms with van der Waals surface area (Å²) >= 11 is 3.08. The Labute approximate surface area is 540 Å². The molecule has 0 spiro atoms. The SMILES string of the molecule is O=c1c2ccc(-n3c4ccccc4c4ccc5c6c(-c7cccc(-n8c9ccccc9c9cc(-c%10ccc%11c(c%10)c%10ccccc%10n%11-c%10ccc%11sc%12nc%13ccccc%13c(=O)n%12c%11c%10)ccc98)c7)cccc6n(-c6ccccc6)c5c43)cc2nc2sc3ccccc3n12. The van der Waals surface area contributed by atoms with E-state index < -0.39 is 0 Å². The fourth-order valence-corrected chi connectivity index (χ4v) is 17.5. The smallest absolute Gasteiger partial charge is 0.266 e. The lowest BCUT2D eigenvalue weighted by molar-refractivity contribution is 1.14. The molecule has 0 amide bonds. The number of thiazole rings is 2. The summed E-state index contributed by atoms with van der Waals surface area (Å²) in [6.07, 6.45) is 0. The summed E-state index contributed by atoms with van der Waals surface area (Å²) in [7, 11) is 0. The van der Waals surface area contributed by atoms with Crippen LogP contribution in [0.1, 0.15) is 0 Å². The van der Waals surface area contributed by atoms with Crippen molar-refractivity contribution in [2.45, 2.75) is 0 Å². The average Bonchev–Trinajstić information content (AvgIpc) is 1.55. The minimum absolute atomic E-state index is 0.0566. The van der Waals surface area contributed by atoms with Gasteiger partial charge in [0.15, 0.2) is 9.92 Å². The molecular formula is C82H46N8O2S2. The van der Waals surface area contributed by atoms with Gasteiger partial charge in [-0.05, 0) is 156 Å². The molecule has 21 aromatic rings. The molecule has 0 aliphatic heterocycles. The highest BCUT2D eigenvalue weighted by atomic mass is 32.1. The van der Waals surface area contributed by atoms with Gasteiger partial charge >= 0.3 is 0 Å². The van der Waals surface area contributed by atoms with Gasteiger partial charge in [0.1, 0.15) is 0 Å². The van der Waals surface area contributed by atoms with Gasteiger partial charge in [-0.15, -0.1) is 0 Å². The summed E-state index contributed by atoms with van der Waals surface area (Å²) < 4.78 is 15.1. The van der Waals surface area contributed by atoms with E-state index in [0.29, 0.717) is 31.7 Å². The zero-order valence-electron chi connectivity index (χ0n) is 49.8. The molecule has 0 N–H and O–H groups in total. The van der Waals surface area contributed by atoms with Crippen LogP contribution in [0, 0.1) is 0 Å². The van der Waals surface area contributed by atoms with Crippen LogP contribution in [-0.4, -0.2) is 37.0 Å². The number of benzene rings is 13. The summed E-state index contributed by atoms with van der Waals surface area (Å²) in [4.78, 5) is 39.8. The summed E-state index contributed by atoms with van der Waals surface area (Å²) in [5.41, 5.74) is 20.2. The van der Waals surface area contributed by atoms with Crippen LogP contribution in [0.25, 0.3) is 184 Å². The fourth-order valence-electron chi connectivity index (χ4n) is 15.4. The lowest BCUT2D eigenvalue weighted by Gasteiger charge is -2.13. The van der Waals surface area contributed by atoms with Crippen LogP contribution < -0.4 is 11.1 Å². The van der Waals surface area contributed by atoms with Crippen molar-refractivity contribution >= 4 is 162 Å². The molecule has 0 radical (unpaired) electrons.